The van der Waals surface area contributed by atoms with Crippen molar-refractivity contribution in [3.8, 4) is 0 Å². The first-order valence-corrected chi connectivity index (χ1v) is 24.4. The molecular formula is C53H34BF24NO2S. The molecule has 440 valence electrons. The summed E-state index contributed by atoms with van der Waals surface area (Å²) < 4.78 is 350. The number of halogens is 24. The van der Waals surface area contributed by atoms with Gasteiger partial charge in [-0.1, -0.05) is 109 Å². The Hall–Kier alpha value is -6.94. The smallest absolute Gasteiger partial charge is 0.416 e. The van der Waals surface area contributed by atoms with Gasteiger partial charge in [0.15, 0.2) is 6.54 Å². The van der Waals surface area contributed by atoms with E-state index in [1.165, 1.54) is 23.3 Å². The van der Waals surface area contributed by atoms with Gasteiger partial charge in [-0.3, -0.25) is 0 Å². The molecule has 0 spiro atoms. The molecule has 1 aliphatic rings. The number of carbonyl (C=O) groups is 1. The van der Waals surface area contributed by atoms with Crippen LogP contribution >= 0.6 is 11.3 Å². The van der Waals surface area contributed by atoms with Crippen LogP contribution in [0.4, 0.5) is 105 Å². The van der Waals surface area contributed by atoms with Crippen LogP contribution in [0, 0.1) is 0 Å². The zero-order chi connectivity index (χ0) is 61.0. The highest BCUT2D eigenvalue weighted by atomic mass is 32.1. The van der Waals surface area contributed by atoms with E-state index in [0.717, 1.165) is 35.9 Å². The molecule has 7 aromatic rings. The van der Waals surface area contributed by atoms with Crippen molar-refractivity contribution in [1.82, 2.24) is 0 Å². The largest absolute Gasteiger partial charge is 0.454 e. The van der Waals surface area contributed by atoms with Gasteiger partial charge < -0.3 is 4.74 Å². The molecule has 0 saturated heterocycles. The van der Waals surface area contributed by atoms with Crippen molar-refractivity contribution in [3.63, 3.8) is 0 Å². The number of para-hydroxylation sites is 1. The second-order valence-electron chi connectivity index (χ2n) is 18.8. The molecule has 0 amide bonds. The number of thiazole rings is 1. The van der Waals surface area contributed by atoms with E-state index in [9.17, 15) is 110 Å². The molecule has 29 heteroatoms. The van der Waals surface area contributed by atoms with Gasteiger partial charge in [-0.2, -0.15) is 132 Å². The maximum Gasteiger partial charge on any atom is 0.416 e. The van der Waals surface area contributed by atoms with Crippen LogP contribution in [0.5, 0.6) is 0 Å². The monoisotopic (exact) mass is 1220 g/mol. The van der Waals surface area contributed by atoms with Gasteiger partial charge in [0.1, 0.15) is 16.9 Å². The van der Waals surface area contributed by atoms with E-state index in [-0.39, 0.29) is 12.1 Å². The lowest BCUT2D eigenvalue weighted by molar-refractivity contribution is -0.660. The molecule has 1 aromatic heterocycles. The number of benzene rings is 6. The molecule has 82 heavy (non-hydrogen) atoms. The summed E-state index contributed by atoms with van der Waals surface area (Å²) in [5.74, 6) is -0.177. The number of hydrogen-bond acceptors (Lipinski definition) is 3. The van der Waals surface area contributed by atoms with E-state index >= 15 is 0 Å². The summed E-state index contributed by atoms with van der Waals surface area (Å²) in [5, 5.41) is 0.690. The molecule has 0 aliphatic heterocycles. The summed E-state index contributed by atoms with van der Waals surface area (Å²) in [4.78, 5) is 12.9. The summed E-state index contributed by atoms with van der Waals surface area (Å²) in [5.41, 5.74) is -27.9. The minimum absolute atomic E-state index is 0.0802. The molecule has 1 aliphatic carbocycles. The minimum Gasteiger partial charge on any atom is -0.454 e. The topological polar surface area (TPSA) is 30.2 Å². The Kier molecular flexibility index (Phi) is 17.1. The number of carbonyl (C=O) groups excluding carboxylic acids is 1. The Balaban J connectivity index is 0.000000318. The first-order valence-electron chi connectivity index (χ1n) is 23.6. The Morgan fingerprint density at radius 1 is 0.415 bits per heavy atom. The van der Waals surface area contributed by atoms with Crippen molar-refractivity contribution in [2.24, 2.45) is 0 Å². The average molecular weight is 1220 g/mol. The summed E-state index contributed by atoms with van der Waals surface area (Å²) >= 11 is 1.53. The highest BCUT2D eigenvalue weighted by molar-refractivity contribution is 7.20. The molecule has 0 N–H and O–H groups in total. The van der Waals surface area contributed by atoms with E-state index < -0.39 is 195 Å². The third kappa shape index (κ3) is 14.1. The molecule has 0 atom stereocenters. The van der Waals surface area contributed by atoms with Crippen molar-refractivity contribution >= 4 is 55.5 Å². The maximum atomic E-state index is 14.2. The van der Waals surface area contributed by atoms with Crippen LogP contribution in [0.1, 0.15) is 92.0 Å². The van der Waals surface area contributed by atoms with Crippen molar-refractivity contribution in [1.29, 1.82) is 0 Å². The van der Waals surface area contributed by atoms with Crippen molar-refractivity contribution in [2.45, 2.75) is 94.2 Å². The standard InChI is InChI=1S/C32H12BF24.C21H22NO2S/c34-25(35,36)13-1-14(26(37,38)39)6-21(5-13)33(22-7-15(27(40,41)42)2-16(8-22)28(43,44)45,23-9-17(29(46,47)48)3-18(10-23)30(49,50)51)24-11-19(31(52,53)54)4-20(12-24)32(55,56)57;23-21(24-17-11-5-2-6-12-17)20-22(15-16-9-3-1-4-10-16)18-13-7-8-14-19(18)25-20/h1-12H;1,3-4,7-10,13-14,17H,2,5-6,11-12,15H2/q-1;+1. The third-order valence-corrected chi connectivity index (χ3v) is 14.4. The summed E-state index contributed by atoms with van der Waals surface area (Å²) in [6, 6.07) is 9.63. The van der Waals surface area contributed by atoms with Crippen LogP contribution in [0.2, 0.25) is 0 Å². The van der Waals surface area contributed by atoms with Gasteiger partial charge in [-0.05, 0) is 56.0 Å². The van der Waals surface area contributed by atoms with Gasteiger partial charge in [0.25, 0.3) is 0 Å². The van der Waals surface area contributed by atoms with E-state index in [4.69, 9.17) is 4.74 Å². The average Bonchev–Trinajstić information content (AvgIpc) is 1.87. The molecule has 1 saturated carbocycles. The number of rotatable bonds is 8. The molecule has 0 radical (unpaired) electrons. The predicted molar refractivity (Wildman–Crippen MR) is 250 cm³/mol. The third-order valence-electron chi connectivity index (χ3n) is 13.2. The lowest BCUT2D eigenvalue weighted by Gasteiger charge is -2.46. The summed E-state index contributed by atoms with van der Waals surface area (Å²) in [6.45, 7) is 0.681. The number of hydrogen-bond donors (Lipinski definition) is 0. The van der Waals surface area contributed by atoms with E-state index in [1.807, 2.05) is 30.3 Å². The number of esters is 1. The fourth-order valence-electron chi connectivity index (χ4n) is 9.57. The Bertz CT molecular complexity index is 3000. The van der Waals surface area contributed by atoms with Gasteiger partial charge in [0, 0.05) is 11.6 Å². The van der Waals surface area contributed by atoms with E-state index in [1.54, 1.807) is 0 Å². The summed E-state index contributed by atoms with van der Waals surface area (Å²) in [7, 11) is 0. The molecule has 8 rings (SSSR count). The van der Waals surface area contributed by atoms with Crippen LogP contribution in [0.15, 0.2) is 127 Å². The van der Waals surface area contributed by atoms with Crippen molar-refractivity contribution < 1.29 is 119 Å². The first-order chi connectivity index (χ1) is 37.6. The van der Waals surface area contributed by atoms with Crippen LogP contribution in [-0.2, 0) is 60.7 Å². The van der Waals surface area contributed by atoms with Crippen LogP contribution in [0.3, 0.4) is 0 Å². The molecule has 1 heterocycles. The zero-order valence-electron chi connectivity index (χ0n) is 40.8. The molecule has 1 fully saturated rings. The second kappa shape index (κ2) is 22.3. The Morgan fingerprint density at radius 2 is 0.707 bits per heavy atom. The van der Waals surface area contributed by atoms with Gasteiger partial charge in [0.05, 0.1) is 44.5 Å². The highest BCUT2D eigenvalue weighted by Gasteiger charge is 2.47. The van der Waals surface area contributed by atoms with E-state index in [2.05, 4.69) is 28.8 Å². The quantitative estimate of drug-likeness (QED) is 0.0657. The zero-order valence-corrected chi connectivity index (χ0v) is 41.6. The Labute approximate surface area is 450 Å². The number of nitrogens with zero attached hydrogens (tertiary/aromatic N) is 1. The maximum absolute atomic E-state index is 14.2. The predicted octanol–water partition coefficient (Wildman–Crippen LogP) is 15.9. The fourth-order valence-corrected chi connectivity index (χ4v) is 10.6. The van der Waals surface area contributed by atoms with Crippen molar-refractivity contribution in [3.05, 3.63) is 182 Å². The fraction of sp³-hybridized carbons (Fsp3) is 0.283. The molecule has 0 bridgehead atoms. The minimum atomic E-state index is -6.13. The Morgan fingerprint density at radius 3 is 1.01 bits per heavy atom. The molecule has 0 unspecified atom stereocenters. The number of fused-ring (bicyclic) bond motifs is 1. The van der Waals surface area contributed by atoms with Gasteiger partial charge in [-0.15, -0.1) is 0 Å². The van der Waals surface area contributed by atoms with Crippen LogP contribution in [-0.4, -0.2) is 18.2 Å². The van der Waals surface area contributed by atoms with Crippen LogP contribution in [0.25, 0.3) is 10.2 Å². The lowest BCUT2D eigenvalue weighted by atomic mass is 9.12. The second-order valence-corrected chi connectivity index (χ2v) is 19.9. The first kappa shape index (κ1) is 62.7. The normalized spacial score (nSPS) is 14.6. The SMILES string of the molecule is FC(F)(F)c1cc([B-](c2cc(C(F)(F)F)cc(C(F)(F)F)c2)(c2cc(C(F)(F)F)cc(C(F)(F)F)c2)c2cc(C(F)(F)F)cc(C(F)(F)F)c2)cc(C(F)(F)F)c1.O=C(OC1CCCCC1)c1sc2ccccc2[n+]1Cc1ccccc1. The van der Waals surface area contributed by atoms with Gasteiger partial charge in [-0.25, -0.2) is 4.79 Å². The number of ether oxygens (including phenoxy) is 1. The van der Waals surface area contributed by atoms with Gasteiger partial charge in [0.2, 0.25) is 5.52 Å². The lowest BCUT2D eigenvalue weighted by Crippen LogP contribution is -2.75. The highest BCUT2D eigenvalue weighted by Crippen LogP contribution is 2.42. The number of alkyl halides is 24. The molecule has 3 nitrogen and oxygen atoms in total. The van der Waals surface area contributed by atoms with Gasteiger partial charge >= 0.3 is 60.4 Å². The van der Waals surface area contributed by atoms with Crippen LogP contribution < -0.4 is 26.4 Å². The molecule has 6 aromatic carbocycles. The van der Waals surface area contributed by atoms with Crippen molar-refractivity contribution in [2.75, 3.05) is 0 Å². The summed E-state index contributed by atoms with van der Waals surface area (Å²) in [6.07, 6.45) is -49.2. The molecular weight excluding hydrogens is 1180 g/mol. The number of aromatic nitrogens is 1. The van der Waals surface area contributed by atoms with E-state index in [0.29, 0.717) is 11.6 Å².